The van der Waals surface area contributed by atoms with Crippen molar-refractivity contribution in [1.82, 2.24) is 4.90 Å². The van der Waals surface area contributed by atoms with Gasteiger partial charge in [-0.2, -0.15) is 0 Å². The van der Waals surface area contributed by atoms with Crippen LogP contribution in [-0.4, -0.2) is 45.4 Å². The summed E-state index contributed by atoms with van der Waals surface area (Å²) in [6, 6.07) is 16.9. The average molecular weight is 474 g/mol. The maximum absolute atomic E-state index is 11.2. The maximum Gasteiger partial charge on any atom is 0.219 e. The first-order valence-electron chi connectivity index (χ1n) is 11.1. The second-order valence-electron chi connectivity index (χ2n) is 7.98. The van der Waals surface area contributed by atoms with E-state index < -0.39 is 11.1 Å². The van der Waals surface area contributed by atoms with E-state index >= 15 is 0 Å². The molecule has 0 N–H and O–H groups in total. The van der Waals surface area contributed by atoms with Crippen LogP contribution in [0.4, 0.5) is 0 Å². The highest BCUT2D eigenvalue weighted by Gasteiger charge is 2.11. The van der Waals surface area contributed by atoms with Crippen LogP contribution in [0, 0.1) is 6.92 Å². The molecule has 0 aliphatic carbocycles. The summed E-state index contributed by atoms with van der Waals surface area (Å²) >= 11 is -1.56. The van der Waals surface area contributed by atoms with Gasteiger partial charge in [-0.1, -0.05) is 48.0 Å². The second kappa shape index (κ2) is 15.9. The van der Waals surface area contributed by atoms with E-state index in [2.05, 4.69) is 0 Å². The minimum atomic E-state index is -1.56. The van der Waals surface area contributed by atoms with Crippen LogP contribution in [0.3, 0.4) is 0 Å². The van der Waals surface area contributed by atoms with Crippen molar-refractivity contribution in [2.45, 2.75) is 53.4 Å². The van der Waals surface area contributed by atoms with Gasteiger partial charge in [0.2, 0.25) is 17.0 Å². The number of rotatable bonds is 6. The molecule has 7 heteroatoms. The molecule has 0 saturated carbocycles. The largest absolute Gasteiger partial charge is 0.400 e. The zero-order valence-corrected chi connectivity index (χ0v) is 20.9. The molecule has 1 amide bonds. The predicted molar refractivity (Wildman–Crippen MR) is 132 cm³/mol. The van der Waals surface area contributed by atoms with E-state index in [0.29, 0.717) is 12.2 Å². The Bertz CT molecular complexity index is 891. The molecular formula is C26H35NO5S. The minimum absolute atomic E-state index is 0.0616. The molecular weight excluding hydrogens is 438 g/mol. The first kappa shape index (κ1) is 28.2. The quantitative estimate of drug-likeness (QED) is 0.619. The summed E-state index contributed by atoms with van der Waals surface area (Å²) in [7, 11) is 0. The van der Waals surface area contributed by atoms with Crippen molar-refractivity contribution >= 4 is 28.6 Å². The minimum Gasteiger partial charge on any atom is -0.400 e. The van der Waals surface area contributed by atoms with Crippen molar-refractivity contribution in [3.8, 4) is 5.75 Å². The Balaban J connectivity index is 0.000000255. The third kappa shape index (κ3) is 14.1. The van der Waals surface area contributed by atoms with Crippen molar-refractivity contribution < 1.29 is 22.8 Å². The van der Waals surface area contributed by atoms with Crippen LogP contribution in [0.15, 0.2) is 54.6 Å². The summed E-state index contributed by atoms with van der Waals surface area (Å²) in [6.45, 7) is 8.55. The van der Waals surface area contributed by atoms with Gasteiger partial charge in [-0.25, -0.2) is 4.21 Å². The second-order valence-corrected chi connectivity index (χ2v) is 9.04. The Labute approximate surface area is 200 Å². The van der Waals surface area contributed by atoms with Gasteiger partial charge >= 0.3 is 0 Å². The van der Waals surface area contributed by atoms with E-state index in [4.69, 9.17) is 4.18 Å². The molecule has 2 aromatic rings. The molecule has 1 saturated heterocycles. The zero-order valence-electron chi connectivity index (χ0n) is 20.0. The summed E-state index contributed by atoms with van der Waals surface area (Å²) < 4.78 is 16.2. The molecule has 180 valence electrons. The highest BCUT2D eigenvalue weighted by molar-refractivity contribution is 7.81. The standard InChI is InChI=1S/C10H12O3S.C9H10O.C7H13NO/c1-8-3-5-10(6-4-8)13-14(12)7-9(2)11;1-8(10)7-9-5-3-2-4-6-9;1-7(9)8-5-3-2-4-6-8/h3-6H,7H2,1-2H3;2-6H,7H2,1H3;2-6H2,1H3. The number of carbonyl (C=O) groups excluding carboxylic acids is 3. The summed E-state index contributed by atoms with van der Waals surface area (Å²) in [5, 5.41) is 0. The molecule has 6 nitrogen and oxygen atoms in total. The summed E-state index contributed by atoms with van der Waals surface area (Å²) in [6.07, 6.45) is 4.24. The van der Waals surface area contributed by atoms with Crippen molar-refractivity contribution in [1.29, 1.82) is 0 Å². The number of Topliss-reactive ketones (excluding diaryl/α,β-unsaturated/α-hetero) is 2. The number of aryl methyl sites for hydroxylation is 1. The summed E-state index contributed by atoms with van der Waals surface area (Å²) in [5.74, 6) is 0.764. The molecule has 1 atom stereocenters. The molecule has 33 heavy (non-hydrogen) atoms. The van der Waals surface area contributed by atoms with Crippen molar-refractivity contribution in [3.05, 3.63) is 65.7 Å². The van der Waals surface area contributed by atoms with Gasteiger partial charge in [0, 0.05) is 26.4 Å². The first-order chi connectivity index (χ1) is 15.7. The molecule has 0 spiro atoms. The number of carbonyl (C=O) groups is 3. The Morgan fingerprint density at radius 2 is 1.42 bits per heavy atom. The monoisotopic (exact) mass is 473 g/mol. The Morgan fingerprint density at radius 1 is 0.848 bits per heavy atom. The highest BCUT2D eigenvalue weighted by atomic mass is 32.2. The maximum atomic E-state index is 11.2. The number of hydrogen-bond donors (Lipinski definition) is 0. The van der Waals surface area contributed by atoms with Gasteiger partial charge in [0.15, 0.2) is 0 Å². The van der Waals surface area contributed by atoms with Crippen molar-refractivity contribution in [3.63, 3.8) is 0 Å². The van der Waals surface area contributed by atoms with Gasteiger partial charge in [-0.15, -0.1) is 0 Å². The van der Waals surface area contributed by atoms with Crippen molar-refractivity contribution in [2.75, 3.05) is 18.8 Å². The number of nitrogens with zero attached hydrogens (tertiary/aromatic N) is 1. The molecule has 0 aromatic heterocycles. The van der Waals surface area contributed by atoms with Gasteiger partial charge < -0.3 is 9.08 Å². The number of ketones is 2. The first-order valence-corrected chi connectivity index (χ1v) is 12.3. The molecule has 1 fully saturated rings. The van der Waals surface area contributed by atoms with E-state index in [0.717, 1.165) is 24.2 Å². The normalized spacial score (nSPS) is 13.4. The van der Waals surface area contributed by atoms with Crippen LogP contribution < -0.4 is 4.18 Å². The fourth-order valence-corrected chi connectivity index (χ4v) is 3.71. The van der Waals surface area contributed by atoms with E-state index in [1.165, 1.54) is 26.2 Å². The van der Waals surface area contributed by atoms with E-state index in [-0.39, 0.29) is 23.2 Å². The van der Waals surface area contributed by atoms with Gasteiger partial charge in [0.1, 0.15) is 23.1 Å². The molecule has 0 bridgehead atoms. The van der Waals surface area contributed by atoms with E-state index in [9.17, 15) is 18.6 Å². The van der Waals surface area contributed by atoms with Gasteiger partial charge in [-0.05, 0) is 57.7 Å². The third-order valence-electron chi connectivity index (χ3n) is 4.63. The fourth-order valence-electron chi connectivity index (χ4n) is 2.99. The van der Waals surface area contributed by atoms with Crippen LogP contribution in [-0.2, 0) is 31.9 Å². The molecule has 1 unspecified atom stereocenters. The Kier molecular flexibility index (Phi) is 13.6. The molecule has 2 aromatic carbocycles. The molecule has 1 aliphatic rings. The number of hydrogen-bond acceptors (Lipinski definition) is 5. The lowest BCUT2D eigenvalue weighted by atomic mass is 10.1. The van der Waals surface area contributed by atoms with Crippen LogP contribution in [0.1, 0.15) is 51.2 Å². The number of amides is 1. The van der Waals surface area contributed by atoms with Gasteiger partial charge in [0.05, 0.1) is 0 Å². The molecule has 0 radical (unpaired) electrons. The lowest BCUT2D eigenvalue weighted by molar-refractivity contribution is -0.129. The summed E-state index contributed by atoms with van der Waals surface area (Å²) in [5.41, 5.74) is 2.20. The van der Waals surface area contributed by atoms with Crippen LogP contribution in [0.2, 0.25) is 0 Å². The van der Waals surface area contributed by atoms with Crippen LogP contribution in [0.25, 0.3) is 0 Å². The van der Waals surface area contributed by atoms with Gasteiger partial charge in [-0.3, -0.25) is 14.4 Å². The van der Waals surface area contributed by atoms with Crippen LogP contribution in [0.5, 0.6) is 5.75 Å². The molecule has 3 rings (SSSR count). The van der Waals surface area contributed by atoms with E-state index in [1.54, 1.807) is 26.0 Å². The molecule has 1 heterocycles. The Hall–Kier alpha value is -2.80. The topological polar surface area (TPSA) is 80.8 Å². The third-order valence-corrected chi connectivity index (χ3v) is 5.65. The van der Waals surface area contributed by atoms with E-state index in [1.807, 2.05) is 54.3 Å². The number of benzene rings is 2. The fraction of sp³-hybridized carbons (Fsp3) is 0.423. The lowest BCUT2D eigenvalue weighted by Gasteiger charge is -2.24. The zero-order chi connectivity index (χ0) is 24.6. The lowest BCUT2D eigenvalue weighted by Crippen LogP contribution is -2.33. The SMILES string of the molecule is CC(=O)CS(=O)Oc1ccc(C)cc1.CC(=O)Cc1ccccc1.CC(=O)N1CCCCC1. The molecule has 1 aliphatic heterocycles. The Morgan fingerprint density at radius 3 is 1.88 bits per heavy atom. The number of likely N-dealkylation sites (tertiary alicyclic amines) is 1. The smallest absolute Gasteiger partial charge is 0.219 e. The average Bonchev–Trinajstić information content (AvgIpc) is 2.76. The van der Waals surface area contributed by atoms with Gasteiger partial charge in [0.25, 0.3) is 0 Å². The highest BCUT2D eigenvalue weighted by Crippen LogP contribution is 2.12. The number of piperidine rings is 1. The predicted octanol–water partition coefficient (Wildman–Crippen LogP) is 4.46. The van der Waals surface area contributed by atoms with Crippen molar-refractivity contribution in [2.24, 2.45) is 0 Å². The summed E-state index contributed by atoms with van der Waals surface area (Å²) in [4.78, 5) is 33.9. The van der Waals surface area contributed by atoms with Crippen LogP contribution >= 0.6 is 0 Å².